The van der Waals surface area contributed by atoms with Gasteiger partial charge in [-0.3, -0.25) is 4.98 Å². The van der Waals surface area contributed by atoms with Crippen LogP contribution in [0.4, 0.5) is 13.2 Å². The minimum absolute atomic E-state index is 0.149. The lowest BCUT2D eigenvalue weighted by Crippen LogP contribution is -2.39. The van der Waals surface area contributed by atoms with Gasteiger partial charge in [0, 0.05) is 41.0 Å². The van der Waals surface area contributed by atoms with Gasteiger partial charge in [-0.1, -0.05) is 32.9 Å². The lowest BCUT2D eigenvalue weighted by Gasteiger charge is -2.22. The van der Waals surface area contributed by atoms with Crippen LogP contribution < -0.4 is 4.72 Å². The molecule has 3 aromatic rings. The maximum absolute atomic E-state index is 14.2. The van der Waals surface area contributed by atoms with Crippen LogP contribution in [0, 0.1) is 16.7 Å². The average molecular weight is 491 g/mol. The first kappa shape index (κ1) is 24.2. The van der Waals surface area contributed by atoms with Crippen LogP contribution in [0.2, 0.25) is 0 Å². The topological polar surface area (TPSA) is 87.8 Å². The zero-order valence-corrected chi connectivity index (χ0v) is 19.8. The summed E-state index contributed by atoms with van der Waals surface area (Å²) in [6, 6.07) is 7.84. The van der Waals surface area contributed by atoms with Crippen LogP contribution in [0.1, 0.15) is 50.8 Å². The number of nitrogens with one attached hydrogen (secondary N) is 1. The Bertz CT molecular complexity index is 1380. The molecule has 34 heavy (non-hydrogen) atoms. The fourth-order valence-electron chi connectivity index (χ4n) is 4.01. The van der Waals surface area contributed by atoms with Crippen LogP contribution in [-0.4, -0.2) is 29.4 Å². The Balaban J connectivity index is 1.90. The van der Waals surface area contributed by atoms with Gasteiger partial charge >= 0.3 is 6.18 Å². The van der Waals surface area contributed by atoms with E-state index in [-0.39, 0.29) is 11.0 Å². The summed E-state index contributed by atoms with van der Waals surface area (Å²) >= 11 is 0. The second-order valence-electron chi connectivity index (χ2n) is 9.85. The highest BCUT2D eigenvalue weighted by atomic mass is 32.2. The molecule has 10 heteroatoms. The van der Waals surface area contributed by atoms with E-state index in [4.69, 9.17) is 0 Å². The van der Waals surface area contributed by atoms with E-state index in [1.165, 1.54) is 6.20 Å². The molecule has 1 aliphatic rings. The number of rotatable bonds is 6. The molecule has 1 fully saturated rings. The summed E-state index contributed by atoms with van der Waals surface area (Å²) in [6.07, 6.45) is -1.17. The number of sulfonamides is 1. The van der Waals surface area contributed by atoms with Gasteiger partial charge in [0.05, 0.1) is 16.5 Å². The summed E-state index contributed by atoms with van der Waals surface area (Å²) in [5.41, 5.74) is 1.47. The van der Waals surface area contributed by atoms with Crippen molar-refractivity contribution < 1.29 is 21.6 Å². The number of fused-ring (bicyclic) bond motifs is 1. The number of aromatic nitrogens is 2. The summed E-state index contributed by atoms with van der Waals surface area (Å²) in [5.74, 6) is 0. The minimum Gasteiger partial charge on any atom is -0.347 e. The van der Waals surface area contributed by atoms with Crippen LogP contribution in [-0.2, 0) is 16.6 Å². The first-order chi connectivity index (χ1) is 15.8. The molecule has 2 heterocycles. The van der Waals surface area contributed by atoms with Gasteiger partial charge < -0.3 is 4.57 Å². The van der Waals surface area contributed by atoms with Crippen molar-refractivity contribution >= 4 is 20.9 Å². The minimum atomic E-state index is -4.82. The summed E-state index contributed by atoms with van der Waals surface area (Å²) in [7, 11) is -4.10. The Labute approximate surface area is 196 Å². The summed E-state index contributed by atoms with van der Waals surface area (Å²) in [4.78, 5) is 4.28. The second kappa shape index (κ2) is 8.40. The molecule has 0 unspecified atom stereocenters. The predicted octanol–water partition coefficient (Wildman–Crippen LogP) is 5.31. The molecular weight excluding hydrogens is 465 g/mol. The van der Waals surface area contributed by atoms with Crippen molar-refractivity contribution in [2.24, 2.45) is 5.41 Å². The summed E-state index contributed by atoms with van der Waals surface area (Å²) in [6.45, 7) is 6.30. The van der Waals surface area contributed by atoms with Crippen molar-refractivity contribution in [1.82, 2.24) is 14.3 Å². The van der Waals surface area contributed by atoms with E-state index < -0.39 is 27.5 Å². The van der Waals surface area contributed by atoms with Crippen molar-refractivity contribution in [3.8, 4) is 17.3 Å². The molecule has 1 aliphatic carbocycles. The molecule has 6 nitrogen and oxygen atoms in total. The number of nitriles is 1. The van der Waals surface area contributed by atoms with Gasteiger partial charge in [0.2, 0.25) is 10.0 Å². The third kappa shape index (κ3) is 4.95. The van der Waals surface area contributed by atoms with Gasteiger partial charge in [-0.25, -0.2) is 8.42 Å². The Hall–Kier alpha value is -2.90. The standard InChI is InChI=1S/C24H25F3N4O2S/c1-23(2,3)14-31-13-19(22(24(25,26)27)30-34(32,33)17-7-8-17)18-9-6-15(11-20(18)31)21-16(12-28)5-4-10-29-21/h4-6,9-11,13,17,22,30H,7-8,14H2,1-3H3/t22-/m0/s1. The fourth-order valence-corrected chi connectivity index (χ4v) is 5.55. The Morgan fingerprint density at radius 2 is 1.94 bits per heavy atom. The van der Waals surface area contributed by atoms with Crippen LogP contribution in [0.3, 0.4) is 0 Å². The largest absolute Gasteiger partial charge is 0.408 e. The van der Waals surface area contributed by atoms with E-state index in [1.54, 1.807) is 41.1 Å². The molecule has 0 spiro atoms. The molecule has 0 saturated heterocycles. The van der Waals surface area contributed by atoms with Crippen molar-refractivity contribution in [3.63, 3.8) is 0 Å². The lowest BCUT2D eigenvalue weighted by molar-refractivity contribution is -0.152. The maximum atomic E-state index is 14.2. The Morgan fingerprint density at radius 3 is 2.53 bits per heavy atom. The maximum Gasteiger partial charge on any atom is 0.408 e. The number of halogens is 3. The molecule has 0 bridgehead atoms. The zero-order chi connectivity index (χ0) is 24.9. The average Bonchev–Trinajstić information content (AvgIpc) is 3.55. The number of alkyl halides is 3. The van der Waals surface area contributed by atoms with Crippen LogP contribution in [0.15, 0.2) is 42.7 Å². The number of hydrogen-bond acceptors (Lipinski definition) is 4. The molecule has 1 atom stereocenters. The van der Waals surface area contributed by atoms with E-state index in [0.29, 0.717) is 47.1 Å². The number of benzene rings is 1. The molecule has 2 aromatic heterocycles. The summed E-state index contributed by atoms with van der Waals surface area (Å²) < 4.78 is 71.0. The van der Waals surface area contributed by atoms with Gasteiger partial charge in [0.1, 0.15) is 12.1 Å². The molecular formula is C24H25F3N4O2S. The van der Waals surface area contributed by atoms with Gasteiger partial charge in [-0.15, -0.1) is 0 Å². The molecule has 0 radical (unpaired) electrons. The van der Waals surface area contributed by atoms with Gasteiger partial charge in [-0.2, -0.15) is 23.2 Å². The molecule has 0 amide bonds. The van der Waals surface area contributed by atoms with Crippen molar-refractivity contribution in [1.29, 1.82) is 5.26 Å². The highest BCUT2D eigenvalue weighted by Gasteiger charge is 2.47. The predicted molar refractivity (Wildman–Crippen MR) is 123 cm³/mol. The fraction of sp³-hybridized carbons (Fsp3) is 0.417. The van der Waals surface area contributed by atoms with E-state index in [1.807, 2.05) is 25.5 Å². The third-order valence-corrected chi connectivity index (χ3v) is 7.56. The smallest absolute Gasteiger partial charge is 0.347 e. The quantitative estimate of drug-likeness (QED) is 0.508. The molecule has 1 aromatic carbocycles. The van der Waals surface area contributed by atoms with Crippen molar-refractivity contribution in [2.45, 2.75) is 57.6 Å². The molecule has 4 rings (SSSR count). The molecule has 180 valence electrons. The first-order valence-corrected chi connectivity index (χ1v) is 12.4. The SMILES string of the molecule is CC(C)(C)Cn1cc([C@H](NS(=O)(=O)C2CC2)C(F)(F)F)c2ccc(-c3ncccc3C#N)cc21. The van der Waals surface area contributed by atoms with E-state index in [2.05, 4.69) is 11.1 Å². The van der Waals surface area contributed by atoms with E-state index in [9.17, 15) is 26.9 Å². The molecule has 0 aliphatic heterocycles. The van der Waals surface area contributed by atoms with E-state index >= 15 is 0 Å². The van der Waals surface area contributed by atoms with Gasteiger partial charge in [0.25, 0.3) is 0 Å². The van der Waals surface area contributed by atoms with Crippen molar-refractivity contribution in [3.05, 3.63) is 53.9 Å². The lowest BCUT2D eigenvalue weighted by atomic mass is 9.97. The summed E-state index contributed by atoms with van der Waals surface area (Å²) in [5, 5.41) is 8.96. The number of hydrogen-bond donors (Lipinski definition) is 1. The third-order valence-electron chi connectivity index (χ3n) is 5.64. The molecule has 1 saturated carbocycles. The van der Waals surface area contributed by atoms with Gasteiger partial charge in [-0.05, 0) is 36.5 Å². The van der Waals surface area contributed by atoms with Crippen LogP contribution in [0.25, 0.3) is 22.2 Å². The first-order valence-electron chi connectivity index (χ1n) is 10.9. The molecule has 1 N–H and O–H groups in total. The van der Waals surface area contributed by atoms with E-state index in [0.717, 1.165) is 0 Å². The van der Waals surface area contributed by atoms with Gasteiger partial charge in [0.15, 0.2) is 0 Å². The van der Waals surface area contributed by atoms with Crippen LogP contribution >= 0.6 is 0 Å². The normalized spacial score (nSPS) is 15.9. The number of nitrogens with zero attached hydrogens (tertiary/aromatic N) is 3. The zero-order valence-electron chi connectivity index (χ0n) is 19.0. The van der Waals surface area contributed by atoms with Crippen molar-refractivity contribution in [2.75, 3.05) is 0 Å². The number of pyridine rings is 1. The monoisotopic (exact) mass is 490 g/mol. The Kier molecular flexibility index (Phi) is 5.98. The second-order valence-corrected chi connectivity index (χ2v) is 11.8. The Morgan fingerprint density at radius 1 is 1.24 bits per heavy atom. The highest BCUT2D eigenvalue weighted by molar-refractivity contribution is 7.90. The van der Waals surface area contributed by atoms with Crippen LogP contribution in [0.5, 0.6) is 0 Å². The highest BCUT2D eigenvalue weighted by Crippen LogP contribution is 2.41.